The van der Waals surface area contributed by atoms with E-state index >= 15 is 0 Å². The Labute approximate surface area is 181 Å². The lowest BCUT2D eigenvalue weighted by Crippen LogP contribution is -2.81. The molecule has 1 aromatic rings. The number of para-hydroxylation sites is 1. The van der Waals surface area contributed by atoms with Crippen LogP contribution in [0.3, 0.4) is 0 Å². The van der Waals surface area contributed by atoms with Gasteiger partial charge in [0.05, 0.1) is 24.3 Å². The van der Waals surface area contributed by atoms with Crippen molar-refractivity contribution in [3.8, 4) is 0 Å². The number of aliphatic hydroxyl groups is 4. The van der Waals surface area contributed by atoms with Gasteiger partial charge in [-0.05, 0) is 33.2 Å². The van der Waals surface area contributed by atoms with Crippen LogP contribution in [0.15, 0.2) is 30.3 Å². The molecule has 7 N–H and O–H groups in total. The van der Waals surface area contributed by atoms with Crippen LogP contribution in [0.25, 0.3) is 0 Å². The highest BCUT2D eigenvalue weighted by molar-refractivity contribution is 5.43. The summed E-state index contributed by atoms with van der Waals surface area (Å²) in [7, 11) is 3.29. The number of hydrogen-bond donors (Lipinski definition) is 7. The van der Waals surface area contributed by atoms with Gasteiger partial charge in [-0.3, -0.25) is 0 Å². The predicted molar refractivity (Wildman–Crippen MR) is 111 cm³/mol. The average molecular weight is 440 g/mol. The summed E-state index contributed by atoms with van der Waals surface area (Å²) in [5.41, 5.74) is -0.984. The molecule has 3 aliphatic rings. The molecule has 2 heterocycles. The monoisotopic (exact) mass is 439 g/mol. The van der Waals surface area contributed by atoms with E-state index in [9.17, 15) is 20.4 Å². The van der Waals surface area contributed by atoms with Crippen molar-refractivity contribution in [2.24, 2.45) is 0 Å². The lowest BCUT2D eigenvalue weighted by molar-refractivity contribution is -0.481. The van der Waals surface area contributed by atoms with Crippen molar-refractivity contribution >= 4 is 5.69 Å². The van der Waals surface area contributed by atoms with E-state index < -0.39 is 60.3 Å². The van der Waals surface area contributed by atoms with Gasteiger partial charge in [-0.25, -0.2) is 0 Å². The van der Waals surface area contributed by atoms with Crippen LogP contribution in [0.5, 0.6) is 0 Å². The van der Waals surface area contributed by atoms with Crippen LogP contribution in [0, 0.1) is 0 Å². The fourth-order valence-corrected chi connectivity index (χ4v) is 5.03. The van der Waals surface area contributed by atoms with Crippen LogP contribution in [0.2, 0.25) is 0 Å². The Morgan fingerprint density at radius 3 is 2.29 bits per heavy atom. The highest BCUT2D eigenvalue weighted by Gasteiger charge is 2.68. The molecular weight excluding hydrogens is 406 g/mol. The van der Waals surface area contributed by atoms with Crippen LogP contribution < -0.4 is 16.0 Å². The third kappa shape index (κ3) is 3.75. The first-order valence-corrected chi connectivity index (χ1v) is 10.7. The number of fused-ring (bicyclic) bond motifs is 2. The Hall–Kier alpha value is -1.34. The molecule has 10 atom stereocenters. The summed E-state index contributed by atoms with van der Waals surface area (Å²) in [6.07, 6.45) is -5.61. The van der Waals surface area contributed by atoms with Crippen molar-refractivity contribution in [2.75, 3.05) is 26.0 Å². The molecule has 3 fully saturated rings. The van der Waals surface area contributed by atoms with Crippen molar-refractivity contribution in [1.29, 1.82) is 0 Å². The van der Waals surface area contributed by atoms with Gasteiger partial charge in [0.25, 0.3) is 0 Å². The molecule has 0 spiro atoms. The molecule has 10 heteroatoms. The third-order valence-electron chi connectivity index (χ3n) is 6.71. The summed E-state index contributed by atoms with van der Waals surface area (Å²) in [6.45, 7) is 1.75. The third-order valence-corrected chi connectivity index (χ3v) is 6.71. The van der Waals surface area contributed by atoms with Crippen molar-refractivity contribution in [1.82, 2.24) is 10.6 Å². The smallest absolute Gasteiger partial charge is 0.250 e. The Kier molecular flexibility index (Phi) is 6.29. The van der Waals surface area contributed by atoms with Gasteiger partial charge in [0.15, 0.2) is 0 Å². The van der Waals surface area contributed by atoms with Gasteiger partial charge in [-0.2, -0.15) is 0 Å². The largest absolute Gasteiger partial charge is 0.390 e. The van der Waals surface area contributed by atoms with Crippen molar-refractivity contribution in [2.45, 2.75) is 73.6 Å². The second-order valence-electron chi connectivity index (χ2n) is 8.72. The number of aliphatic hydroxyl groups excluding tert-OH is 2. The maximum atomic E-state index is 11.6. The van der Waals surface area contributed by atoms with Gasteiger partial charge in [-0.1, -0.05) is 18.2 Å². The van der Waals surface area contributed by atoms with Crippen molar-refractivity contribution in [3.05, 3.63) is 30.3 Å². The van der Waals surface area contributed by atoms with Gasteiger partial charge in [0.2, 0.25) is 12.1 Å². The number of nitrogens with one attached hydrogen (secondary N) is 3. The first-order chi connectivity index (χ1) is 14.7. The highest BCUT2D eigenvalue weighted by Crippen LogP contribution is 2.46. The number of likely N-dealkylation sites (N-methyl/N-ethyl adjacent to an activating group) is 2. The van der Waals surface area contributed by atoms with E-state index in [0.29, 0.717) is 0 Å². The van der Waals surface area contributed by atoms with E-state index in [2.05, 4.69) is 16.0 Å². The fraction of sp³-hybridized carbons (Fsp3) is 0.714. The van der Waals surface area contributed by atoms with Gasteiger partial charge in [0.1, 0.15) is 23.9 Å². The molecule has 0 amide bonds. The average Bonchev–Trinajstić information content (AvgIpc) is 2.74. The molecule has 1 saturated carbocycles. The van der Waals surface area contributed by atoms with E-state index in [1.807, 2.05) is 30.3 Å². The first-order valence-electron chi connectivity index (χ1n) is 10.7. The van der Waals surface area contributed by atoms with Crippen molar-refractivity contribution in [3.63, 3.8) is 0 Å². The molecule has 4 rings (SSSR count). The minimum absolute atomic E-state index is 0.0209. The lowest BCUT2D eigenvalue weighted by atomic mass is 9.77. The molecule has 10 unspecified atom stereocenters. The molecule has 0 aromatic heterocycles. The minimum atomic E-state index is -2.22. The molecule has 1 aliphatic carbocycles. The Morgan fingerprint density at radius 2 is 1.65 bits per heavy atom. The number of hydrogen-bond acceptors (Lipinski definition) is 10. The SMILES string of the molecule is CNC1C(O)C(NC)C2OC3(O)C(OC(C)CC3(O)CNc3ccccc3)OC2C1O. The molecular formula is C21H33N3O7. The zero-order chi connectivity index (χ0) is 22.4. The van der Waals surface area contributed by atoms with E-state index in [-0.39, 0.29) is 13.0 Å². The Balaban J connectivity index is 1.63. The molecule has 2 saturated heterocycles. The predicted octanol–water partition coefficient (Wildman–Crippen LogP) is -1.65. The number of anilines is 1. The molecule has 2 aliphatic heterocycles. The first kappa shape index (κ1) is 22.8. The fourth-order valence-electron chi connectivity index (χ4n) is 5.03. The summed E-state index contributed by atoms with van der Waals surface area (Å²) < 4.78 is 17.9. The lowest BCUT2D eigenvalue weighted by Gasteiger charge is -2.60. The molecule has 0 bridgehead atoms. The summed E-state index contributed by atoms with van der Waals surface area (Å²) in [5, 5.41) is 53.7. The zero-order valence-electron chi connectivity index (χ0n) is 17.9. The molecule has 10 nitrogen and oxygen atoms in total. The second kappa shape index (κ2) is 8.54. The molecule has 174 valence electrons. The van der Waals surface area contributed by atoms with E-state index in [4.69, 9.17) is 14.2 Å². The molecule has 31 heavy (non-hydrogen) atoms. The number of benzene rings is 1. The standard InChI is InChI=1S/C21H33N3O7/c1-11-9-20(27,10-24-12-7-5-4-6-8-12)21(28)19(29-11)30-18-16(26)13(22-2)15(25)14(23-3)17(18)31-21/h4-8,11,13-19,22-28H,9-10H2,1-3H3. The van der Waals surface area contributed by atoms with E-state index in [1.165, 1.54) is 0 Å². The van der Waals surface area contributed by atoms with Gasteiger partial charge < -0.3 is 50.6 Å². The van der Waals surface area contributed by atoms with Gasteiger partial charge in [-0.15, -0.1) is 0 Å². The number of ether oxygens (including phenoxy) is 3. The quantitative estimate of drug-likeness (QED) is 0.285. The van der Waals surface area contributed by atoms with Crippen LogP contribution in [0.1, 0.15) is 13.3 Å². The Morgan fingerprint density at radius 1 is 0.968 bits per heavy atom. The van der Waals surface area contributed by atoms with Gasteiger partial charge >= 0.3 is 0 Å². The molecule has 1 aromatic carbocycles. The van der Waals surface area contributed by atoms with E-state index in [0.717, 1.165) is 5.69 Å². The molecule has 0 radical (unpaired) electrons. The maximum absolute atomic E-state index is 11.6. The summed E-state index contributed by atoms with van der Waals surface area (Å²) in [6, 6.07) is 7.97. The van der Waals surface area contributed by atoms with Crippen LogP contribution in [-0.2, 0) is 14.2 Å². The Bertz CT molecular complexity index is 758. The summed E-state index contributed by atoms with van der Waals surface area (Å²) in [5.74, 6) is -2.22. The summed E-state index contributed by atoms with van der Waals surface area (Å²) >= 11 is 0. The van der Waals surface area contributed by atoms with Crippen LogP contribution in [-0.4, -0.2) is 101 Å². The zero-order valence-corrected chi connectivity index (χ0v) is 17.9. The topological polar surface area (TPSA) is 145 Å². The minimum Gasteiger partial charge on any atom is -0.390 e. The summed E-state index contributed by atoms with van der Waals surface area (Å²) in [4.78, 5) is 0. The highest BCUT2D eigenvalue weighted by atomic mass is 16.8. The van der Waals surface area contributed by atoms with E-state index in [1.54, 1.807) is 21.0 Å². The second-order valence-corrected chi connectivity index (χ2v) is 8.72. The van der Waals surface area contributed by atoms with Gasteiger partial charge in [0, 0.05) is 18.7 Å². The normalized spacial score (nSPS) is 47.3. The van der Waals surface area contributed by atoms with Crippen molar-refractivity contribution < 1.29 is 34.6 Å². The maximum Gasteiger partial charge on any atom is 0.250 e. The van der Waals surface area contributed by atoms with Crippen LogP contribution >= 0.6 is 0 Å². The van der Waals surface area contributed by atoms with Crippen LogP contribution in [0.4, 0.5) is 5.69 Å². The number of rotatable bonds is 5.